The Kier molecular flexibility index (Phi) is 6.70. The molecular weight excluding hydrogens is 392 g/mol. The van der Waals surface area contributed by atoms with Crippen molar-refractivity contribution < 1.29 is 50.6 Å². The van der Waals surface area contributed by atoms with Gasteiger partial charge in [-0.05, 0) is 30.5 Å². The maximum atomic E-state index is 14.4. The average Bonchev–Trinajstić information content (AvgIpc) is 3.32. The Morgan fingerprint density at radius 3 is 2.71 bits per heavy atom. The van der Waals surface area contributed by atoms with Crippen LogP contribution in [0, 0.1) is 17.8 Å². The topological polar surface area (TPSA) is 12.5 Å². The van der Waals surface area contributed by atoms with E-state index in [1.165, 1.54) is 17.0 Å². The molecule has 0 unspecified atom stereocenters. The Balaban J connectivity index is 0.00000208. The molecule has 125 valence electrons. The number of ether oxygens (including phenoxy) is 1. The first-order chi connectivity index (χ1) is 11.0. The molecule has 2 nitrogen and oxygen atoms in total. The molecule has 0 aromatic heterocycles. The van der Waals surface area contributed by atoms with Gasteiger partial charge in [0.2, 0.25) is 0 Å². The molecule has 2 aliphatic rings. The van der Waals surface area contributed by atoms with E-state index in [9.17, 15) is 13.2 Å². The summed E-state index contributed by atoms with van der Waals surface area (Å²) in [7, 11) is 0. The molecule has 1 fully saturated rings. The number of allylic oxidation sites excluding steroid dienone is 3. The number of halogens is 3. The molecule has 1 saturated carbocycles. The predicted octanol–water partition coefficient (Wildman–Crippen LogP) is 4.41. The molecule has 6 heteroatoms. The summed E-state index contributed by atoms with van der Waals surface area (Å²) in [6.45, 7) is 3.76. The van der Waals surface area contributed by atoms with E-state index < -0.39 is 18.8 Å². The van der Waals surface area contributed by atoms with Crippen molar-refractivity contribution in [3.63, 3.8) is 0 Å². The van der Waals surface area contributed by atoms with Crippen molar-refractivity contribution in [1.29, 1.82) is 0 Å². The average molecular weight is 409 g/mol. The molecule has 1 aromatic carbocycles. The predicted molar refractivity (Wildman–Crippen MR) is 82.3 cm³/mol. The molecule has 0 saturated heterocycles. The Morgan fingerprint density at radius 1 is 1.33 bits per heavy atom. The van der Waals surface area contributed by atoms with Crippen LogP contribution in [-0.4, -0.2) is 24.5 Å². The Hall–Kier alpha value is -1.07. The third-order valence-electron chi connectivity index (χ3n) is 3.81. The minimum absolute atomic E-state index is 0. The van der Waals surface area contributed by atoms with Crippen LogP contribution in [0.25, 0.3) is 5.70 Å². The summed E-state index contributed by atoms with van der Waals surface area (Å²) in [5, 5.41) is 0. The van der Waals surface area contributed by atoms with Crippen molar-refractivity contribution in [2.24, 2.45) is 5.92 Å². The van der Waals surface area contributed by atoms with Gasteiger partial charge in [0.15, 0.2) is 0 Å². The van der Waals surface area contributed by atoms with E-state index >= 15 is 0 Å². The van der Waals surface area contributed by atoms with E-state index in [4.69, 9.17) is 4.74 Å². The third kappa shape index (κ3) is 4.73. The molecule has 0 bridgehead atoms. The van der Waals surface area contributed by atoms with Gasteiger partial charge in [-0.25, -0.2) is 13.2 Å². The van der Waals surface area contributed by atoms with Gasteiger partial charge in [0.1, 0.15) is 5.75 Å². The van der Waals surface area contributed by atoms with Crippen molar-refractivity contribution in [1.82, 2.24) is 4.90 Å². The molecule has 1 aliphatic heterocycles. The number of alkyl halides is 2. The number of benzene rings is 1. The largest absolute Gasteiger partial charge is 0.493 e. The molecule has 0 spiro atoms. The number of rotatable bonds is 6. The van der Waals surface area contributed by atoms with Gasteiger partial charge in [-0.15, -0.1) is 12.1 Å². The van der Waals surface area contributed by atoms with Crippen molar-refractivity contribution >= 4 is 5.70 Å². The minimum atomic E-state index is -2.56. The number of hydrogen-bond acceptors (Lipinski definition) is 2. The van der Waals surface area contributed by atoms with Crippen molar-refractivity contribution in [3.8, 4) is 5.75 Å². The molecule has 0 N–H and O–H groups in total. The fraction of sp³-hybridized carbons (Fsp3) is 0.333. The minimum Gasteiger partial charge on any atom is -0.493 e. The second-order valence-corrected chi connectivity index (χ2v) is 5.72. The fourth-order valence-corrected chi connectivity index (χ4v) is 2.37. The van der Waals surface area contributed by atoms with E-state index in [0.717, 1.165) is 12.8 Å². The monoisotopic (exact) mass is 409 g/mol. The molecule has 1 heterocycles. The second kappa shape index (κ2) is 8.35. The zero-order valence-corrected chi connectivity index (χ0v) is 16.0. The smallest absolute Gasteiger partial charge is 0.256 e. The maximum Gasteiger partial charge on any atom is 0.256 e. The SMILES string of the molecule is C=C1C=C[C-]=C(c2ccc(OCC3CC3)cc2F)N1CC(F)F.[Y]. The standard InChI is InChI=1S/C18H17F3NO.Y/c1-12-3-2-4-17(22(12)10-18(20)21)15-8-7-14(9-16(15)19)23-11-13-5-6-13;/h2-3,7-9,13,18H,1,5-6,10-11H2;/q-1;. The first-order valence-electron chi connectivity index (χ1n) is 7.52. The third-order valence-corrected chi connectivity index (χ3v) is 3.81. The van der Waals surface area contributed by atoms with E-state index in [2.05, 4.69) is 12.7 Å². The van der Waals surface area contributed by atoms with Gasteiger partial charge >= 0.3 is 0 Å². The molecule has 1 aromatic rings. The van der Waals surface area contributed by atoms with Crippen molar-refractivity contribution in [2.45, 2.75) is 19.3 Å². The summed E-state index contributed by atoms with van der Waals surface area (Å²) in [4.78, 5) is 1.27. The van der Waals surface area contributed by atoms with Crippen LogP contribution in [0.5, 0.6) is 5.75 Å². The Bertz CT molecular complexity index is 668. The van der Waals surface area contributed by atoms with Gasteiger partial charge in [-0.3, -0.25) is 0 Å². The quantitative estimate of drug-likeness (QED) is 0.646. The summed E-state index contributed by atoms with van der Waals surface area (Å²) in [5.74, 6) is 0.495. The summed E-state index contributed by atoms with van der Waals surface area (Å²) in [6.07, 6.45) is 5.70. The van der Waals surface area contributed by atoms with E-state index in [1.807, 2.05) is 0 Å². The molecule has 24 heavy (non-hydrogen) atoms. The van der Waals surface area contributed by atoms with Crippen LogP contribution in [0.1, 0.15) is 18.4 Å². The van der Waals surface area contributed by atoms with Crippen LogP contribution < -0.4 is 4.74 Å². The van der Waals surface area contributed by atoms with Gasteiger partial charge in [0, 0.05) is 38.8 Å². The summed E-state index contributed by atoms with van der Waals surface area (Å²) in [6, 6.07) is 4.47. The first kappa shape index (κ1) is 19.3. The molecular formula is C18H17F3NOY-. The fourth-order valence-electron chi connectivity index (χ4n) is 2.37. The van der Waals surface area contributed by atoms with Gasteiger partial charge < -0.3 is 9.64 Å². The van der Waals surface area contributed by atoms with E-state index in [-0.39, 0.29) is 44.0 Å². The van der Waals surface area contributed by atoms with Crippen LogP contribution in [0.15, 0.2) is 42.6 Å². The van der Waals surface area contributed by atoms with E-state index in [0.29, 0.717) is 24.0 Å². The maximum absolute atomic E-state index is 14.4. The Morgan fingerprint density at radius 2 is 2.08 bits per heavy atom. The Labute approximate surface area is 164 Å². The van der Waals surface area contributed by atoms with Gasteiger partial charge in [0.25, 0.3) is 6.43 Å². The van der Waals surface area contributed by atoms with Crippen LogP contribution in [0.4, 0.5) is 13.2 Å². The molecule has 1 aliphatic carbocycles. The van der Waals surface area contributed by atoms with Crippen LogP contribution in [-0.2, 0) is 32.7 Å². The summed E-state index contributed by atoms with van der Waals surface area (Å²) < 4.78 is 45.5. The number of hydrogen-bond donors (Lipinski definition) is 0. The molecule has 0 amide bonds. The van der Waals surface area contributed by atoms with Crippen molar-refractivity contribution in [2.75, 3.05) is 13.2 Å². The second-order valence-electron chi connectivity index (χ2n) is 5.72. The molecule has 3 rings (SSSR count). The van der Waals surface area contributed by atoms with Crippen LogP contribution in [0.2, 0.25) is 0 Å². The van der Waals surface area contributed by atoms with Gasteiger partial charge in [0.05, 0.1) is 19.0 Å². The zero-order valence-electron chi connectivity index (χ0n) is 13.1. The zero-order chi connectivity index (χ0) is 16.4. The van der Waals surface area contributed by atoms with Crippen LogP contribution in [0.3, 0.4) is 0 Å². The van der Waals surface area contributed by atoms with Crippen molar-refractivity contribution in [3.05, 3.63) is 60.1 Å². The molecule has 0 atom stereocenters. The first-order valence-corrected chi connectivity index (χ1v) is 7.52. The molecule has 1 radical (unpaired) electrons. The van der Waals surface area contributed by atoms with Crippen LogP contribution >= 0.6 is 0 Å². The summed E-state index contributed by atoms with van der Waals surface area (Å²) in [5.41, 5.74) is 0.839. The van der Waals surface area contributed by atoms with Gasteiger partial charge in [-0.2, -0.15) is 12.2 Å². The number of nitrogens with zero attached hydrogens (tertiary/aromatic N) is 1. The normalized spacial score (nSPS) is 16.9. The summed E-state index contributed by atoms with van der Waals surface area (Å²) >= 11 is 0. The van der Waals surface area contributed by atoms with E-state index in [1.54, 1.807) is 18.2 Å². The van der Waals surface area contributed by atoms with Gasteiger partial charge in [-0.1, -0.05) is 17.8 Å².